The molecule has 2 saturated carbocycles. The molecule has 0 aromatic carbocycles. The maximum Gasteiger partial charge on any atom is 0.408 e. The molecule has 2 fully saturated rings. The summed E-state index contributed by atoms with van der Waals surface area (Å²) in [5.41, 5.74) is -3.17. The van der Waals surface area contributed by atoms with Crippen molar-refractivity contribution >= 4 is 30.0 Å². The minimum Gasteiger partial charge on any atom is -0.464 e. The first-order valence-electron chi connectivity index (χ1n) is 13.9. The first-order valence-corrected chi connectivity index (χ1v) is 13.9. The monoisotopic (exact) mass is 583 g/mol. The molecule has 2 aliphatic rings. The number of aliphatic hydroxyl groups excluding tert-OH is 1. The molecular weight excluding hydrogens is 538 g/mol. The minimum atomic E-state index is -1.70. The largest absolute Gasteiger partial charge is 0.464 e. The number of fused-ring (bicyclic) bond motifs is 1. The van der Waals surface area contributed by atoms with Gasteiger partial charge in [-0.25, -0.2) is 14.4 Å². The second-order valence-corrected chi connectivity index (χ2v) is 12.3. The number of esters is 2. The molecule has 0 aromatic rings. The van der Waals surface area contributed by atoms with Gasteiger partial charge in [-0.05, 0) is 67.7 Å². The SMILES string of the molecule is C=COC(=O)[C@H]1[C@H]2[C@@H]1[C@](NC(=O)C(CCCCNC(=O)OC(C)(C)C)NC(=O)OC(C)(C)C)(C(=O)OCC)C[C@@H]2O. The molecule has 3 amide bonds. The van der Waals surface area contributed by atoms with Gasteiger partial charge < -0.3 is 40.0 Å². The molecule has 13 heteroatoms. The number of nitrogens with one attached hydrogen (secondary N) is 3. The van der Waals surface area contributed by atoms with Crippen LogP contribution in [0.25, 0.3) is 0 Å². The van der Waals surface area contributed by atoms with Crippen LogP contribution < -0.4 is 16.0 Å². The van der Waals surface area contributed by atoms with Crippen molar-refractivity contribution in [3.63, 3.8) is 0 Å². The Bertz CT molecular complexity index is 1000. The molecule has 41 heavy (non-hydrogen) atoms. The lowest BCUT2D eigenvalue weighted by molar-refractivity contribution is -0.156. The van der Waals surface area contributed by atoms with E-state index < -0.39 is 76.7 Å². The topological polar surface area (TPSA) is 179 Å². The number of carbonyl (C=O) groups is 5. The van der Waals surface area contributed by atoms with Gasteiger partial charge in [-0.2, -0.15) is 0 Å². The van der Waals surface area contributed by atoms with Crippen LogP contribution in [0.4, 0.5) is 9.59 Å². The maximum atomic E-state index is 13.6. The standard InChI is InChI=1S/C28H45N3O10/c1-9-38-22(34)19-18-17(32)15-28(20(18)19,23(35)39-10-2)31-21(33)16(30-25(37)41-27(6,7)8)13-11-12-14-29-24(36)40-26(3,4)5/h9,16-20,32H,1,10-15H2,2-8H3,(H,29,36)(H,30,37)(H,31,33)/t16?,17-,18-,19-,20-,28-/m0/s1. The molecule has 1 unspecified atom stereocenters. The number of ether oxygens (including phenoxy) is 4. The molecule has 0 aliphatic heterocycles. The average Bonchev–Trinajstić information content (AvgIpc) is 3.50. The Morgan fingerprint density at radius 2 is 1.63 bits per heavy atom. The number of rotatable bonds is 12. The van der Waals surface area contributed by atoms with E-state index in [2.05, 4.69) is 22.5 Å². The van der Waals surface area contributed by atoms with Gasteiger partial charge in [0.05, 0.1) is 24.9 Å². The van der Waals surface area contributed by atoms with E-state index >= 15 is 0 Å². The summed E-state index contributed by atoms with van der Waals surface area (Å²) < 4.78 is 20.7. The normalized spacial score (nSPS) is 25.6. The number of carbonyl (C=O) groups excluding carboxylic acids is 5. The summed E-state index contributed by atoms with van der Waals surface area (Å²) in [6, 6.07) is -1.13. The van der Waals surface area contributed by atoms with Crippen molar-refractivity contribution in [1.82, 2.24) is 16.0 Å². The maximum absolute atomic E-state index is 13.6. The molecule has 0 spiro atoms. The van der Waals surface area contributed by atoms with Gasteiger partial charge in [0, 0.05) is 24.8 Å². The minimum absolute atomic E-state index is 0.00986. The second-order valence-electron chi connectivity index (χ2n) is 12.3. The van der Waals surface area contributed by atoms with Gasteiger partial charge in [-0.15, -0.1) is 0 Å². The third-order valence-electron chi connectivity index (χ3n) is 6.67. The highest BCUT2D eigenvalue weighted by atomic mass is 16.6. The van der Waals surface area contributed by atoms with E-state index in [4.69, 9.17) is 18.9 Å². The summed E-state index contributed by atoms with van der Waals surface area (Å²) in [4.78, 5) is 63.8. The van der Waals surface area contributed by atoms with Crippen LogP contribution in [0.15, 0.2) is 12.8 Å². The van der Waals surface area contributed by atoms with E-state index in [0.29, 0.717) is 12.8 Å². The van der Waals surface area contributed by atoms with Crippen molar-refractivity contribution in [3.8, 4) is 0 Å². The smallest absolute Gasteiger partial charge is 0.408 e. The van der Waals surface area contributed by atoms with Gasteiger partial charge in [0.15, 0.2) is 0 Å². The number of unbranched alkanes of at least 4 members (excludes halogenated alkanes) is 1. The fourth-order valence-corrected chi connectivity index (χ4v) is 5.18. The van der Waals surface area contributed by atoms with Crippen LogP contribution in [0.5, 0.6) is 0 Å². The molecule has 13 nitrogen and oxygen atoms in total. The summed E-state index contributed by atoms with van der Waals surface area (Å²) in [5, 5.41) is 18.6. The highest BCUT2D eigenvalue weighted by Crippen LogP contribution is 2.63. The number of alkyl carbamates (subject to hydrolysis) is 2. The Morgan fingerprint density at radius 1 is 1.02 bits per heavy atom. The zero-order valence-corrected chi connectivity index (χ0v) is 25.0. The highest BCUT2D eigenvalue weighted by Gasteiger charge is 2.76. The fraction of sp³-hybridized carbons (Fsp3) is 0.750. The number of hydrogen-bond acceptors (Lipinski definition) is 10. The molecule has 0 saturated heterocycles. The summed E-state index contributed by atoms with van der Waals surface area (Å²) in [7, 11) is 0. The Kier molecular flexibility index (Phi) is 11.2. The lowest BCUT2D eigenvalue weighted by Gasteiger charge is -2.33. The van der Waals surface area contributed by atoms with Gasteiger partial charge in [-0.1, -0.05) is 6.58 Å². The number of aliphatic hydroxyl groups is 1. The van der Waals surface area contributed by atoms with E-state index in [1.807, 2.05) is 0 Å². The molecule has 6 atom stereocenters. The first kappa shape index (κ1) is 33.9. The van der Waals surface area contributed by atoms with Gasteiger partial charge >= 0.3 is 24.1 Å². The molecule has 0 radical (unpaired) electrons. The molecule has 0 aromatic heterocycles. The second kappa shape index (κ2) is 13.5. The molecule has 0 bridgehead atoms. The zero-order chi connectivity index (χ0) is 31.2. The van der Waals surface area contributed by atoms with Crippen LogP contribution in [0.2, 0.25) is 0 Å². The van der Waals surface area contributed by atoms with Gasteiger partial charge in [-0.3, -0.25) is 9.59 Å². The van der Waals surface area contributed by atoms with E-state index in [-0.39, 0.29) is 26.0 Å². The Labute approximate surface area is 241 Å². The van der Waals surface area contributed by atoms with Crippen molar-refractivity contribution in [2.75, 3.05) is 13.2 Å². The quantitative estimate of drug-likeness (QED) is 0.115. The summed E-state index contributed by atoms with van der Waals surface area (Å²) in [6.07, 6.45) is -0.673. The summed E-state index contributed by atoms with van der Waals surface area (Å²) >= 11 is 0. The third-order valence-corrected chi connectivity index (χ3v) is 6.67. The van der Waals surface area contributed by atoms with E-state index in [1.54, 1.807) is 48.5 Å². The predicted molar refractivity (Wildman–Crippen MR) is 146 cm³/mol. The lowest BCUT2D eigenvalue weighted by Crippen LogP contribution is -2.61. The van der Waals surface area contributed by atoms with E-state index in [9.17, 15) is 29.1 Å². The zero-order valence-electron chi connectivity index (χ0n) is 25.0. The Balaban J connectivity index is 2.18. The van der Waals surface area contributed by atoms with Crippen molar-refractivity contribution in [1.29, 1.82) is 0 Å². The Hall–Kier alpha value is -3.35. The van der Waals surface area contributed by atoms with Gasteiger partial charge in [0.1, 0.15) is 22.8 Å². The lowest BCUT2D eigenvalue weighted by atomic mass is 9.88. The highest BCUT2D eigenvalue weighted by molar-refractivity contribution is 5.94. The van der Waals surface area contributed by atoms with Crippen molar-refractivity contribution in [2.45, 2.75) is 103 Å². The number of amides is 3. The van der Waals surface area contributed by atoms with Crippen LogP contribution in [-0.4, -0.2) is 77.2 Å². The number of hydrogen-bond donors (Lipinski definition) is 4. The van der Waals surface area contributed by atoms with Crippen molar-refractivity contribution in [2.24, 2.45) is 17.8 Å². The third kappa shape index (κ3) is 9.34. The molecular formula is C28H45N3O10. The predicted octanol–water partition coefficient (Wildman–Crippen LogP) is 2.31. The summed E-state index contributed by atoms with van der Waals surface area (Å²) in [5.74, 6) is -4.36. The van der Waals surface area contributed by atoms with Crippen LogP contribution in [0, 0.1) is 17.8 Å². The van der Waals surface area contributed by atoms with Crippen LogP contribution >= 0.6 is 0 Å². The van der Waals surface area contributed by atoms with E-state index in [0.717, 1.165) is 6.26 Å². The molecule has 2 aliphatic carbocycles. The average molecular weight is 584 g/mol. The molecule has 232 valence electrons. The van der Waals surface area contributed by atoms with Crippen molar-refractivity contribution in [3.05, 3.63) is 12.8 Å². The molecule has 2 rings (SSSR count). The van der Waals surface area contributed by atoms with E-state index in [1.165, 1.54) is 0 Å². The summed E-state index contributed by atoms with van der Waals surface area (Å²) in [6.45, 7) is 15.5. The Morgan fingerprint density at radius 3 is 2.20 bits per heavy atom. The van der Waals surface area contributed by atoms with Crippen LogP contribution in [-0.2, 0) is 33.3 Å². The van der Waals surface area contributed by atoms with Gasteiger partial charge in [0.25, 0.3) is 0 Å². The van der Waals surface area contributed by atoms with Gasteiger partial charge in [0.2, 0.25) is 5.91 Å². The van der Waals surface area contributed by atoms with Crippen LogP contribution in [0.3, 0.4) is 0 Å². The first-order chi connectivity index (χ1) is 19.0. The molecule has 4 N–H and O–H groups in total. The van der Waals surface area contributed by atoms with Crippen molar-refractivity contribution < 1.29 is 48.0 Å². The fourth-order valence-electron chi connectivity index (χ4n) is 5.18. The van der Waals surface area contributed by atoms with Crippen LogP contribution in [0.1, 0.15) is 74.1 Å². The molecule has 0 heterocycles.